The third-order valence-electron chi connectivity index (χ3n) is 0.978. The third-order valence-corrected chi connectivity index (χ3v) is 0.978. The second-order valence-corrected chi connectivity index (χ2v) is 1.80. The second kappa shape index (κ2) is 4.89. The van der Waals surface area contributed by atoms with Gasteiger partial charge in [0.25, 0.3) is 0 Å². The largest absolute Gasteiger partial charge is 0.370 e. The molecule has 5 heteroatoms. The number of nitrogens with two attached hydrogens (primary N) is 1. The van der Waals surface area contributed by atoms with E-state index in [9.17, 15) is 9.59 Å². The van der Waals surface area contributed by atoms with Crippen molar-refractivity contribution in [1.82, 2.24) is 5.48 Å². The number of rotatable bonds is 5. The lowest BCUT2D eigenvalue weighted by Crippen LogP contribution is -2.28. The number of carbonyl (C=O) groups excluding carboxylic acids is 2. The molecule has 0 spiro atoms. The Kier molecular flexibility index (Phi) is 4.43. The fraction of sp³-hybridized carbons (Fsp3) is 0.600. The van der Waals surface area contributed by atoms with Gasteiger partial charge in [0.15, 0.2) is 0 Å². The van der Waals surface area contributed by atoms with E-state index < -0.39 is 11.9 Å². The van der Waals surface area contributed by atoms with Crippen LogP contribution in [0.15, 0.2) is 0 Å². The average Bonchev–Trinajstić information content (AvgIpc) is 1.90. The number of hydrogen-bond donors (Lipinski definition) is 3. The molecular formula is C5H9N2O3. The van der Waals surface area contributed by atoms with E-state index in [1.165, 1.54) is 6.29 Å². The molecule has 0 rings (SSSR count). The van der Waals surface area contributed by atoms with Crippen molar-refractivity contribution < 1.29 is 14.8 Å². The Morgan fingerprint density at radius 1 is 1.80 bits per heavy atom. The van der Waals surface area contributed by atoms with Gasteiger partial charge in [-0.15, -0.1) is 0 Å². The van der Waals surface area contributed by atoms with Crippen molar-refractivity contribution in [3.05, 3.63) is 0 Å². The van der Waals surface area contributed by atoms with Crippen molar-refractivity contribution in [2.45, 2.75) is 18.9 Å². The molecule has 1 amide bonds. The molecule has 0 heterocycles. The molecule has 0 aromatic heterocycles. The van der Waals surface area contributed by atoms with Crippen molar-refractivity contribution >= 4 is 12.2 Å². The fourth-order valence-electron chi connectivity index (χ4n) is 0.436. The van der Waals surface area contributed by atoms with Crippen LogP contribution in [0.4, 0.5) is 0 Å². The van der Waals surface area contributed by atoms with Crippen LogP contribution in [0.2, 0.25) is 0 Å². The van der Waals surface area contributed by atoms with Gasteiger partial charge in [-0.3, -0.25) is 9.59 Å². The SMILES string of the molecule is NC(=O)CC[C@@H]([C]=O)NO. The van der Waals surface area contributed by atoms with Crippen molar-refractivity contribution in [1.29, 1.82) is 0 Å². The molecule has 0 aliphatic rings. The van der Waals surface area contributed by atoms with Gasteiger partial charge in [0, 0.05) is 6.42 Å². The zero-order valence-electron chi connectivity index (χ0n) is 5.33. The molecule has 10 heavy (non-hydrogen) atoms. The number of nitrogens with one attached hydrogen (secondary N) is 1. The Morgan fingerprint density at radius 3 is 2.70 bits per heavy atom. The van der Waals surface area contributed by atoms with Gasteiger partial charge in [0.2, 0.25) is 12.2 Å². The van der Waals surface area contributed by atoms with Gasteiger partial charge in [-0.05, 0) is 6.42 Å². The molecule has 1 atom stereocenters. The van der Waals surface area contributed by atoms with Gasteiger partial charge in [-0.25, -0.2) is 0 Å². The molecule has 0 bridgehead atoms. The summed E-state index contributed by atoms with van der Waals surface area (Å²) in [5, 5.41) is 8.17. The Hall–Kier alpha value is -0.940. The number of primary amides is 1. The van der Waals surface area contributed by atoms with Crippen LogP contribution in [0.5, 0.6) is 0 Å². The molecule has 0 aromatic rings. The second-order valence-electron chi connectivity index (χ2n) is 1.80. The minimum atomic E-state index is -0.813. The zero-order valence-corrected chi connectivity index (χ0v) is 5.33. The molecule has 0 aliphatic heterocycles. The lowest BCUT2D eigenvalue weighted by molar-refractivity contribution is -0.118. The highest BCUT2D eigenvalue weighted by atomic mass is 16.5. The molecule has 4 N–H and O–H groups in total. The van der Waals surface area contributed by atoms with Crippen LogP contribution in [0, 0.1) is 0 Å². The fourth-order valence-corrected chi connectivity index (χ4v) is 0.436. The van der Waals surface area contributed by atoms with Gasteiger partial charge in [0.1, 0.15) is 0 Å². The van der Waals surface area contributed by atoms with Crippen molar-refractivity contribution in [3.63, 3.8) is 0 Å². The molecule has 0 unspecified atom stereocenters. The first kappa shape index (κ1) is 9.06. The van der Waals surface area contributed by atoms with Gasteiger partial charge in [0.05, 0.1) is 6.04 Å². The van der Waals surface area contributed by atoms with Gasteiger partial charge in [-0.1, -0.05) is 0 Å². The van der Waals surface area contributed by atoms with Crippen LogP contribution in [0.25, 0.3) is 0 Å². The van der Waals surface area contributed by atoms with Gasteiger partial charge >= 0.3 is 0 Å². The molecular weight excluding hydrogens is 136 g/mol. The Morgan fingerprint density at radius 2 is 2.40 bits per heavy atom. The molecule has 1 radical (unpaired) electrons. The summed E-state index contributed by atoms with van der Waals surface area (Å²) in [5.41, 5.74) is 6.45. The maximum atomic E-state index is 10.1. The lowest BCUT2D eigenvalue weighted by Gasteiger charge is -2.02. The summed E-state index contributed by atoms with van der Waals surface area (Å²) in [4.78, 5) is 20.0. The Bertz CT molecular complexity index is 126. The summed E-state index contributed by atoms with van der Waals surface area (Å²) >= 11 is 0. The van der Waals surface area contributed by atoms with E-state index in [1.54, 1.807) is 5.48 Å². The number of amides is 1. The molecule has 57 valence electrons. The maximum Gasteiger partial charge on any atom is 0.219 e. The zero-order chi connectivity index (χ0) is 7.98. The summed E-state index contributed by atoms with van der Waals surface area (Å²) < 4.78 is 0. The minimum absolute atomic E-state index is 0.0630. The summed E-state index contributed by atoms with van der Waals surface area (Å²) in [6, 6.07) is -0.813. The number of hydroxylamine groups is 1. The molecule has 0 fully saturated rings. The van der Waals surface area contributed by atoms with Crippen LogP contribution >= 0.6 is 0 Å². The Balaban J connectivity index is 3.44. The maximum absolute atomic E-state index is 10.1. The predicted octanol–water partition coefficient (Wildman–Crippen LogP) is -1.29. The number of carbonyl (C=O) groups is 1. The normalized spacial score (nSPS) is 12.5. The summed E-state index contributed by atoms with van der Waals surface area (Å²) in [5.74, 6) is -0.504. The monoisotopic (exact) mass is 145 g/mol. The predicted molar refractivity (Wildman–Crippen MR) is 32.8 cm³/mol. The number of hydrogen-bond acceptors (Lipinski definition) is 4. The van der Waals surface area contributed by atoms with Crippen molar-refractivity contribution in [3.8, 4) is 0 Å². The smallest absolute Gasteiger partial charge is 0.219 e. The van der Waals surface area contributed by atoms with Crippen molar-refractivity contribution in [2.75, 3.05) is 0 Å². The van der Waals surface area contributed by atoms with Crippen LogP contribution in [-0.2, 0) is 9.59 Å². The molecule has 0 saturated heterocycles. The third kappa shape index (κ3) is 3.99. The van der Waals surface area contributed by atoms with E-state index in [0.29, 0.717) is 0 Å². The first-order valence-corrected chi connectivity index (χ1v) is 2.76. The van der Waals surface area contributed by atoms with Crippen LogP contribution in [0.3, 0.4) is 0 Å². The summed E-state index contributed by atoms with van der Waals surface area (Å²) in [6.45, 7) is 0. The highest BCUT2D eigenvalue weighted by Gasteiger charge is 2.06. The van der Waals surface area contributed by atoms with Gasteiger partial charge in [-0.2, -0.15) is 5.48 Å². The van der Waals surface area contributed by atoms with E-state index in [0.717, 1.165) is 0 Å². The van der Waals surface area contributed by atoms with E-state index in [-0.39, 0.29) is 12.8 Å². The minimum Gasteiger partial charge on any atom is -0.370 e. The topological polar surface area (TPSA) is 92.4 Å². The van der Waals surface area contributed by atoms with Crippen LogP contribution in [0.1, 0.15) is 12.8 Å². The highest BCUT2D eigenvalue weighted by Crippen LogP contribution is 1.91. The standard InChI is InChI=1S/C5H9N2O3/c6-5(9)2-1-4(3-8)7-10/h4,7,10H,1-2H2,(H2,6,9)/t4-/m0/s1. The first-order chi connectivity index (χ1) is 4.70. The lowest BCUT2D eigenvalue weighted by atomic mass is 10.2. The quantitative estimate of drug-likeness (QED) is 0.419. The Labute approximate surface area is 58.2 Å². The molecule has 0 saturated carbocycles. The van der Waals surface area contributed by atoms with Crippen LogP contribution in [-0.4, -0.2) is 23.4 Å². The van der Waals surface area contributed by atoms with Crippen molar-refractivity contribution in [2.24, 2.45) is 5.73 Å². The molecule has 5 nitrogen and oxygen atoms in total. The van der Waals surface area contributed by atoms with E-state index in [1.807, 2.05) is 0 Å². The first-order valence-electron chi connectivity index (χ1n) is 2.76. The summed E-state index contributed by atoms with van der Waals surface area (Å²) in [6.07, 6.45) is 1.73. The van der Waals surface area contributed by atoms with E-state index >= 15 is 0 Å². The summed E-state index contributed by atoms with van der Waals surface area (Å²) in [7, 11) is 0. The molecule has 0 aliphatic carbocycles. The highest BCUT2D eigenvalue weighted by molar-refractivity contribution is 5.74. The van der Waals surface area contributed by atoms with E-state index in [2.05, 4.69) is 0 Å². The van der Waals surface area contributed by atoms with E-state index in [4.69, 9.17) is 10.9 Å². The molecule has 0 aromatic carbocycles. The van der Waals surface area contributed by atoms with Gasteiger partial charge < -0.3 is 10.9 Å². The van der Waals surface area contributed by atoms with Crippen LogP contribution < -0.4 is 11.2 Å². The average molecular weight is 145 g/mol.